The molecule has 0 fully saturated rings. The lowest BCUT2D eigenvalue weighted by atomic mass is 10.1. The molecule has 0 aliphatic carbocycles. The molecular formula is C15H10ClF3N2O5. The third kappa shape index (κ3) is 4.61. The molecule has 2 aromatic carbocycles. The number of non-ortho nitro benzene ring substituents is 1. The highest BCUT2D eigenvalue weighted by Crippen LogP contribution is 2.42. The summed E-state index contributed by atoms with van der Waals surface area (Å²) < 4.78 is 49.7. The van der Waals surface area contributed by atoms with Gasteiger partial charge in [0.05, 0.1) is 11.5 Å². The standard InChI is InChI=1S/C15H10ClF3N2O5/c16-8-1-3-12(26-14(22)7-20)13(5-8)25-11-4-2-9(21(23)24)6-10(11)15(17,18)19/h1-6H,7,20H2. The van der Waals surface area contributed by atoms with Crippen LogP contribution in [0.4, 0.5) is 18.9 Å². The van der Waals surface area contributed by atoms with Crippen LogP contribution in [0, 0.1) is 10.1 Å². The molecule has 0 aliphatic heterocycles. The van der Waals surface area contributed by atoms with E-state index in [4.69, 9.17) is 26.8 Å². The van der Waals surface area contributed by atoms with Gasteiger partial charge < -0.3 is 15.2 Å². The number of carbonyl (C=O) groups is 1. The Morgan fingerprint density at radius 2 is 1.81 bits per heavy atom. The molecule has 0 aliphatic rings. The van der Waals surface area contributed by atoms with Gasteiger partial charge in [-0.3, -0.25) is 14.9 Å². The normalized spacial score (nSPS) is 11.1. The molecule has 0 radical (unpaired) electrons. The molecule has 2 N–H and O–H groups in total. The second-order valence-electron chi connectivity index (χ2n) is 4.81. The molecule has 26 heavy (non-hydrogen) atoms. The van der Waals surface area contributed by atoms with Crippen LogP contribution in [-0.2, 0) is 11.0 Å². The molecule has 0 saturated carbocycles. The van der Waals surface area contributed by atoms with Crippen molar-refractivity contribution in [1.82, 2.24) is 0 Å². The minimum absolute atomic E-state index is 0.100. The fourth-order valence-electron chi connectivity index (χ4n) is 1.87. The summed E-state index contributed by atoms with van der Waals surface area (Å²) in [6.07, 6.45) is -4.92. The highest BCUT2D eigenvalue weighted by Gasteiger charge is 2.36. The smallest absolute Gasteiger partial charge is 0.420 e. The highest BCUT2D eigenvalue weighted by molar-refractivity contribution is 6.30. The average molecular weight is 391 g/mol. The van der Waals surface area contributed by atoms with Crippen molar-refractivity contribution in [3.05, 3.63) is 57.1 Å². The lowest BCUT2D eigenvalue weighted by Gasteiger charge is -2.15. The van der Waals surface area contributed by atoms with Gasteiger partial charge in [0, 0.05) is 23.2 Å². The van der Waals surface area contributed by atoms with Crippen LogP contribution in [0.5, 0.6) is 17.2 Å². The predicted molar refractivity (Wildman–Crippen MR) is 84.3 cm³/mol. The Morgan fingerprint density at radius 3 is 2.38 bits per heavy atom. The SMILES string of the molecule is NCC(=O)Oc1ccc(Cl)cc1Oc1ccc([N+](=O)[O-])cc1C(F)(F)F. The van der Waals surface area contributed by atoms with Crippen molar-refractivity contribution in [2.24, 2.45) is 5.73 Å². The van der Waals surface area contributed by atoms with Gasteiger partial charge in [0.15, 0.2) is 11.5 Å². The van der Waals surface area contributed by atoms with E-state index >= 15 is 0 Å². The molecule has 0 unspecified atom stereocenters. The fraction of sp³-hybridized carbons (Fsp3) is 0.133. The van der Waals surface area contributed by atoms with Crippen LogP contribution in [0.15, 0.2) is 36.4 Å². The Labute approximate surface area is 149 Å². The van der Waals surface area contributed by atoms with E-state index in [1.807, 2.05) is 0 Å². The predicted octanol–water partition coefficient (Wildman–Crippen LogP) is 3.92. The maximum atomic E-state index is 13.2. The summed E-state index contributed by atoms with van der Waals surface area (Å²) in [5.41, 5.74) is 2.99. The summed E-state index contributed by atoms with van der Waals surface area (Å²) in [7, 11) is 0. The Morgan fingerprint density at radius 1 is 1.15 bits per heavy atom. The summed E-state index contributed by atoms with van der Waals surface area (Å²) >= 11 is 5.79. The number of nitro benzene ring substituents is 1. The van der Waals surface area contributed by atoms with Gasteiger partial charge in [0.1, 0.15) is 11.3 Å². The third-order valence-electron chi connectivity index (χ3n) is 3.00. The Balaban J connectivity index is 2.49. The Kier molecular flexibility index (Phi) is 5.68. The molecule has 0 amide bonds. The lowest BCUT2D eigenvalue weighted by Crippen LogP contribution is -2.19. The molecule has 0 heterocycles. The van der Waals surface area contributed by atoms with Crippen molar-refractivity contribution in [3.63, 3.8) is 0 Å². The molecule has 11 heteroatoms. The van der Waals surface area contributed by atoms with Gasteiger partial charge in [-0.2, -0.15) is 13.2 Å². The largest absolute Gasteiger partial charge is 0.453 e. The van der Waals surface area contributed by atoms with Crippen molar-refractivity contribution in [2.75, 3.05) is 6.54 Å². The summed E-state index contributed by atoms with van der Waals surface area (Å²) in [5.74, 6) is -2.08. The van der Waals surface area contributed by atoms with Crippen LogP contribution >= 0.6 is 11.6 Å². The number of halogens is 4. The first-order chi connectivity index (χ1) is 12.1. The number of ether oxygens (including phenoxy) is 2. The van der Waals surface area contributed by atoms with E-state index in [9.17, 15) is 28.1 Å². The van der Waals surface area contributed by atoms with Crippen molar-refractivity contribution in [3.8, 4) is 17.2 Å². The summed E-state index contributed by atoms with van der Waals surface area (Å²) in [6.45, 7) is -0.465. The topological polar surface area (TPSA) is 105 Å². The average Bonchev–Trinajstić information content (AvgIpc) is 2.56. The number of esters is 1. The van der Waals surface area contributed by atoms with Crippen molar-refractivity contribution in [2.45, 2.75) is 6.18 Å². The molecule has 0 saturated heterocycles. The van der Waals surface area contributed by atoms with E-state index in [2.05, 4.69) is 0 Å². The van der Waals surface area contributed by atoms with Gasteiger partial charge in [-0.15, -0.1) is 0 Å². The molecule has 0 aromatic heterocycles. The molecule has 0 bridgehead atoms. The fourth-order valence-corrected chi connectivity index (χ4v) is 2.03. The minimum atomic E-state index is -4.92. The highest BCUT2D eigenvalue weighted by atomic mass is 35.5. The maximum Gasteiger partial charge on any atom is 0.420 e. The monoisotopic (exact) mass is 390 g/mol. The Bertz CT molecular complexity index is 858. The van der Waals surface area contributed by atoms with Crippen LogP contribution in [-0.4, -0.2) is 17.4 Å². The number of carbonyl (C=O) groups excluding carboxylic acids is 1. The van der Waals surface area contributed by atoms with Crippen molar-refractivity contribution >= 4 is 23.3 Å². The zero-order chi connectivity index (χ0) is 19.5. The number of nitro groups is 1. The van der Waals surface area contributed by atoms with Gasteiger partial charge in [-0.05, 0) is 18.2 Å². The Hall–Kier alpha value is -2.85. The molecule has 0 spiro atoms. The summed E-state index contributed by atoms with van der Waals surface area (Å²) in [5, 5.41) is 10.8. The zero-order valence-electron chi connectivity index (χ0n) is 12.7. The quantitative estimate of drug-likeness (QED) is 0.359. The van der Waals surface area contributed by atoms with E-state index in [0.717, 1.165) is 18.2 Å². The second-order valence-corrected chi connectivity index (χ2v) is 5.24. The van der Waals surface area contributed by atoms with Crippen LogP contribution in [0.25, 0.3) is 0 Å². The second kappa shape index (κ2) is 7.58. The maximum absolute atomic E-state index is 13.2. The van der Waals surface area contributed by atoms with Crippen molar-refractivity contribution in [1.29, 1.82) is 0 Å². The number of nitrogens with two attached hydrogens (primary N) is 1. The molecular weight excluding hydrogens is 381 g/mol. The first kappa shape index (κ1) is 19.5. The van der Waals surface area contributed by atoms with Crippen LogP contribution in [0.2, 0.25) is 5.02 Å². The van der Waals surface area contributed by atoms with E-state index in [-0.39, 0.29) is 16.5 Å². The number of nitrogens with zero attached hydrogens (tertiary/aromatic N) is 1. The van der Waals surface area contributed by atoms with Crippen molar-refractivity contribution < 1.29 is 32.4 Å². The van der Waals surface area contributed by atoms with E-state index in [1.165, 1.54) is 12.1 Å². The number of alkyl halides is 3. The third-order valence-corrected chi connectivity index (χ3v) is 3.23. The lowest BCUT2D eigenvalue weighted by molar-refractivity contribution is -0.385. The van der Waals surface area contributed by atoms with E-state index in [0.29, 0.717) is 6.07 Å². The number of benzene rings is 2. The molecule has 0 atom stereocenters. The molecule has 7 nitrogen and oxygen atoms in total. The van der Waals surface area contributed by atoms with Gasteiger partial charge >= 0.3 is 12.1 Å². The van der Waals surface area contributed by atoms with Gasteiger partial charge in [0.25, 0.3) is 5.69 Å². The van der Waals surface area contributed by atoms with Crippen LogP contribution in [0.3, 0.4) is 0 Å². The molecule has 138 valence electrons. The number of hydrogen-bond acceptors (Lipinski definition) is 6. The molecule has 2 aromatic rings. The first-order valence-electron chi connectivity index (χ1n) is 6.85. The van der Waals surface area contributed by atoms with Crippen LogP contribution < -0.4 is 15.2 Å². The van der Waals surface area contributed by atoms with E-state index < -0.39 is 40.6 Å². The number of rotatable bonds is 5. The molecule has 2 rings (SSSR count). The van der Waals surface area contributed by atoms with Gasteiger partial charge in [-0.25, -0.2) is 0 Å². The van der Waals surface area contributed by atoms with E-state index in [1.54, 1.807) is 0 Å². The zero-order valence-corrected chi connectivity index (χ0v) is 13.5. The summed E-state index contributed by atoms with van der Waals surface area (Å²) in [6, 6.07) is 5.64. The first-order valence-corrected chi connectivity index (χ1v) is 7.23. The van der Waals surface area contributed by atoms with Crippen LogP contribution in [0.1, 0.15) is 5.56 Å². The number of hydrogen-bond donors (Lipinski definition) is 1. The van der Waals surface area contributed by atoms with Gasteiger partial charge in [0.2, 0.25) is 0 Å². The summed E-state index contributed by atoms with van der Waals surface area (Å²) in [4.78, 5) is 21.1. The van der Waals surface area contributed by atoms with Gasteiger partial charge in [-0.1, -0.05) is 11.6 Å². The minimum Gasteiger partial charge on any atom is -0.453 e.